The summed E-state index contributed by atoms with van der Waals surface area (Å²) in [5.74, 6) is 1.42. The molecule has 2 aromatic rings. The van der Waals surface area contributed by atoms with E-state index in [1.807, 2.05) is 61.5 Å². The highest BCUT2D eigenvalue weighted by atomic mass is 16.5. The Labute approximate surface area is 142 Å². The molecular formula is C19H23NO4. The topological polar surface area (TPSA) is 67.8 Å². The number of carboxylic acid groups (broad SMARTS) is 1. The Morgan fingerprint density at radius 3 is 2.29 bits per heavy atom. The SMILES string of the molecule is CCCC(NCCOc1ccc(Oc2ccccc2)cc1)C(=O)O. The number of hydrogen-bond acceptors (Lipinski definition) is 4. The van der Waals surface area contributed by atoms with Crippen LogP contribution in [0.3, 0.4) is 0 Å². The quantitative estimate of drug-likeness (QED) is 0.651. The highest BCUT2D eigenvalue weighted by Gasteiger charge is 2.14. The standard InChI is InChI=1S/C19H23NO4/c1-2-6-18(19(21)22)20-13-14-23-15-9-11-17(12-10-15)24-16-7-4-3-5-8-16/h3-5,7-12,18,20H,2,6,13-14H2,1H3,(H,21,22). The van der Waals surface area contributed by atoms with Gasteiger partial charge >= 0.3 is 5.97 Å². The summed E-state index contributed by atoms with van der Waals surface area (Å²) in [6.45, 7) is 2.86. The van der Waals surface area contributed by atoms with Gasteiger partial charge < -0.3 is 19.9 Å². The summed E-state index contributed by atoms with van der Waals surface area (Å²) >= 11 is 0. The molecule has 1 atom stereocenters. The molecule has 0 aliphatic carbocycles. The van der Waals surface area contributed by atoms with Crippen molar-refractivity contribution in [1.82, 2.24) is 5.32 Å². The van der Waals surface area contributed by atoms with Gasteiger partial charge in [0.15, 0.2) is 0 Å². The zero-order valence-corrected chi connectivity index (χ0v) is 13.8. The number of rotatable bonds is 10. The zero-order chi connectivity index (χ0) is 17.2. The molecule has 0 aliphatic rings. The summed E-state index contributed by atoms with van der Waals surface area (Å²) in [4.78, 5) is 11.0. The lowest BCUT2D eigenvalue weighted by atomic mass is 10.2. The molecule has 0 amide bonds. The molecule has 0 heterocycles. The number of para-hydroxylation sites is 1. The van der Waals surface area contributed by atoms with Crippen molar-refractivity contribution in [1.29, 1.82) is 0 Å². The molecule has 0 aliphatic heterocycles. The number of ether oxygens (including phenoxy) is 2. The van der Waals surface area contributed by atoms with Gasteiger partial charge in [0.25, 0.3) is 0 Å². The predicted molar refractivity (Wildman–Crippen MR) is 92.8 cm³/mol. The van der Waals surface area contributed by atoms with Crippen molar-refractivity contribution in [3.8, 4) is 17.2 Å². The Balaban J connectivity index is 1.75. The number of nitrogens with one attached hydrogen (secondary N) is 1. The van der Waals surface area contributed by atoms with Crippen molar-refractivity contribution in [3.63, 3.8) is 0 Å². The molecule has 0 saturated heterocycles. The molecule has 0 aromatic heterocycles. The Hall–Kier alpha value is -2.53. The van der Waals surface area contributed by atoms with Gasteiger partial charge in [0, 0.05) is 6.54 Å². The number of hydrogen-bond donors (Lipinski definition) is 2. The average molecular weight is 329 g/mol. The lowest BCUT2D eigenvalue weighted by Gasteiger charge is -2.14. The van der Waals surface area contributed by atoms with Gasteiger partial charge in [-0.05, 0) is 42.8 Å². The van der Waals surface area contributed by atoms with E-state index in [2.05, 4.69) is 5.32 Å². The second kappa shape index (κ2) is 9.57. The van der Waals surface area contributed by atoms with Crippen LogP contribution in [0.2, 0.25) is 0 Å². The third-order valence-electron chi connectivity index (χ3n) is 3.44. The Kier molecular flexibility index (Phi) is 7.11. The fourth-order valence-electron chi connectivity index (χ4n) is 2.23. The van der Waals surface area contributed by atoms with E-state index >= 15 is 0 Å². The smallest absolute Gasteiger partial charge is 0.320 e. The van der Waals surface area contributed by atoms with Gasteiger partial charge in [-0.1, -0.05) is 31.5 Å². The highest BCUT2D eigenvalue weighted by molar-refractivity contribution is 5.73. The van der Waals surface area contributed by atoms with Gasteiger partial charge in [-0.3, -0.25) is 4.79 Å². The maximum absolute atomic E-state index is 11.0. The lowest BCUT2D eigenvalue weighted by molar-refractivity contribution is -0.139. The van der Waals surface area contributed by atoms with E-state index in [4.69, 9.17) is 14.6 Å². The van der Waals surface area contributed by atoms with Crippen molar-refractivity contribution in [3.05, 3.63) is 54.6 Å². The van der Waals surface area contributed by atoms with Crippen LogP contribution in [0.1, 0.15) is 19.8 Å². The largest absolute Gasteiger partial charge is 0.492 e. The summed E-state index contributed by atoms with van der Waals surface area (Å²) in [5.41, 5.74) is 0. The number of benzene rings is 2. The van der Waals surface area contributed by atoms with Crippen LogP contribution in [0.5, 0.6) is 17.2 Å². The van der Waals surface area contributed by atoms with Crippen LogP contribution >= 0.6 is 0 Å². The first kappa shape index (κ1) is 17.8. The second-order valence-electron chi connectivity index (χ2n) is 5.37. The van der Waals surface area contributed by atoms with Gasteiger partial charge in [-0.15, -0.1) is 0 Å². The van der Waals surface area contributed by atoms with Crippen LogP contribution in [0.4, 0.5) is 0 Å². The first-order valence-corrected chi connectivity index (χ1v) is 8.11. The van der Waals surface area contributed by atoms with E-state index in [1.54, 1.807) is 0 Å². The fourth-order valence-corrected chi connectivity index (χ4v) is 2.23. The van der Waals surface area contributed by atoms with Crippen LogP contribution in [-0.2, 0) is 4.79 Å². The molecule has 5 heteroatoms. The van der Waals surface area contributed by atoms with E-state index in [0.29, 0.717) is 19.6 Å². The fraction of sp³-hybridized carbons (Fsp3) is 0.316. The minimum atomic E-state index is -0.820. The first-order valence-electron chi connectivity index (χ1n) is 8.11. The molecule has 2 aromatic carbocycles. The number of carboxylic acids is 1. The Bertz CT molecular complexity index is 613. The van der Waals surface area contributed by atoms with Crippen molar-refractivity contribution >= 4 is 5.97 Å². The van der Waals surface area contributed by atoms with Crippen molar-refractivity contribution < 1.29 is 19.4 Å². The van der Waals surface area contributed by atoms with Crippen LogP contribution in [0, 0.1) is 0 Å². The van der Waals surface area contributed by atoms with E-state index < -0.39 is 12.0 Å². The van der Waals surface area contributed by atoms with Gasteiger partial charge in [0.1, 0.15) is 29.9 Å². The molecule has 0 bridgehead atoms. The third kappa shape index (κ3) is 5.93. The van der Waals surface area contributed by atoms with Crippen LogP contribution in [0.25, 0.3) is 0 Å². The maximum atomic E-state index is 11.0. The van der Waals surface area contributed by atoms with E-state index in [1.165, 1.54) is 0 Å². The molecule has 2 N–H and O–H groups in total. The Morgan fingerprint density at radius 1 is 1.04 bits per heavy atom. The molecule has 0 radical (unpaired) electrons. The monoisotopic (exact) mass is 329 g/mol. The summed E-state index contributed by atoms with van der Waals surface area (Å²) < 4.78 is 11.3. The summed E-state index contributed by atoms with van der Waals surface area (Å²) in [6, 6.07) is 16.4. The highest BCUT2D eigenvalue weighted by Crippen LogP contribution is 2.23. The molecule has 0 fully saturated rings. The minimum absolute atomic E-state index is 0.409. The van der Waals surface area contributed by atoms with E-state index in [-0.39, 0.29) is 0 Å². The average Bonchev–Trinajstić information content (AvgIpc) is 2.60. The molecule has 0 saturated carbocycles. The summed E-state index contributed by atoms with van der Waals surface area (Å²) in [6.07, 6.45) is 1.44. The van der Waals surface area contributed by atoms with Crippen molar-refractivity contribution in [2.75, 3.05) is 13.2 Å². The normalized spacial score (nSPS) is 11.7. The second-order valence-corrected chi connectivity index (χ2v) is 5.37. The third-order valence-corrected chi connectivity index (χ3v) is 3.44. The van der Waals surface area contributed by atoms with Gasteiger partial charge in [0.05, 0.1) is 0 Å². The van der Waals surface area contributed by atoms with E-state index in [0.717, 1.165) is 23.7 Å². The van der Waals surface area contributed by atoms with Crippen LogP contribution in [0.15, 0.2) is 54.6 Å². The van der Waals surface area contributed by atoms with E-state index in [9.17, 15) is 4.79 Å². The first-order chi connectivity index (χ1) is 11.7. The molecule has 24 heavy (non-hydrogen) atoms. The number of aliphatic carboxylic acids is 1. The predicted octanol–water partition coefficient (Wildman–Crippen LogP) is 3.70. The molecular weight excluding hydrogens is 306 g/mol. The van der Waals surface area contributed by atoms with Crippen LogP contribution < -0.4 is 14.8 Å². The van der Waals surface area contributed by atoms with Gasteiger partial charge in [0.2, 0.25) is 0 Å². The molecule has 128 valence electrons. The van der Waals surface area contributed by atoms with Crippen molar-refractivity contribution in [2.24, 2.45) is 0 Å². The molecule has 5 nitrogen and oxygen atoms in total. The van der Waals surface area contributed by atoms with Crippen molar-refractivity contribution in [2.45, 2.75) is 25.8 Å². The minimum Gasteiger partial charge on any atom is -0.492 e. The maximum Gasteiger partial charge on any atom is 0.320 e. The molecule has 2 rings (SSSR count). The van der Waals surface area contributed by atoms with Crippen LogP contribution in [-0.4, -0.2) is 30.3 Å². The van der Waals surface area contributed by atoms with Gasteiger partial charge in [-0.2, -0.15) is 0 Å². The molecule has 1 unspecified atom stereocenters. The lowest BCUT2D eigenvalue weighted by Crippen LogP contribution is -2.38. The molecule has 0 spiro atoms. The summed E-state index contributed by atoms with van der Waals surface area (Å²) in [5, 5.41) is 12.0. The Morgan fingerprint density at radius 2 is 1.67 bits per heavy atom. The summed E-state index contributed by atoms with van der Waals surface area (Å²) in [7, 11) is 0. The zero-order valence-electron chi connectivity index (χ0n) is 13.8. The number of carbonyl (C=O) groups is 1. The van der Waals surface area contributed by atoms with Gasteiger partial charge in [-0.25, -0.2) is 0 Å².